The molecule has 1 amide bonds. The third-order valence-corrected chi connectivity index (χ3v) is 2.50. The summed E-state index contributed by atoms with van der Waals surface area (Å²) in [4.78, 5) is 16.8. The summed E-state index contributed by atoms with van der Waals surface area (Å²) in [5, 5.41) is 0. The van der Waals surface area contributed by atoms with E-state index in [0.717, 1.165) is 10.0 Å². The van der Waals surface area contributed by atoms with Gasteiger partial charge in [-0.05, 0) is 48.3 Å². The zero-order valence-electron chi connectivity index (χ0n) is 9.00. The van der Waals surface area contributed by atoms with Gasteiger partial charge in [-0.3, -0.25) is 9.63 Å². The first-order valence-corrected chi connectivity index (χ1v) is 5.52. The molecule has 1 N–H and O–H groups in total. The summed E-state index contributed by atoms with van der Waals surface area (Å²) < 4.78 is 0.771. The van der Waals surface area contributed by atoms with Crippen molar-refractivity contribution in [1.82, 2.24) is 5.48 Å². The van der Waals surface area contributed by atoms with Gasteiger partial charge in [-0.1, -0.05) is 12.1 Å². The zero-order chi connectivity index (χ0) is 11.4. The van der Waals surface area contributed by atoms with Crippen molar-refractivity contribution >= 4 is 21.8 Å². The maximum Gasteiger partial charge on any atom is 0.276 e. The lowest BCUT2D eigenvalue weighted by Crippen LogP contribution is -2.27. The van der Waals surface area contributed by atoms with Crippen LogP contribution in [0.3, 0.4) is 0 Å². The van der Waals surface area contributed by atoms with Gasteiger partial charge in [-0.25, -0.2) is 5.48 Å². The number of rotatable bonds is 3. The zero-order valence-corrected chi connectivity index (χ0v) is 10.6. The van der Waals surface area contributed by atoms with Crippen LogP contribution in [-0.4, -0.2) is 12.0 Å². The van der Waals surface area contributed by atoms with Gasteiger partial charge in [-0.2, -0.15) is 0 Å². The molecule has 1 aromatic rings. The van der Waals surface area contributed by atoms with E-state index in [0.29, 0.717) is 5.56 Å². The molecule has 0 heterocycles. The smallest absolute Gasteiger partial charge is 0.271 e. The van der Waals surface area contributed by atoms with Crippen LogP contribution in [0.5, 0.6) is 0 Å². The quantitative estimate of drug-likeness (QED) is 0.859. The molecule has 4 heteroatoms. The molecule has 1 rings (SSSR count). The second kappa shape index (κ2) is 5.28. The van der Waals surface area contributed by atoms with Crippen LogP contribution in [-0.2, 0) is 4.84 Å². The largest absolute Gasteiger partial charge is 0.276 e. The number of carbonyl (C=O) groups excluding carboxylic acids is 1. The van der Waals surface area contributed by atoms with Gasteiger partial charge < -0.3 is 0 Å². The molecule has 82 valence electrons. The van der Waals surface area contributed by atoms with Crippen LogP contribution < -0.4 is 5.48 Å². The van der Waals surface area contributed by atoms with Gasteiger partial charge in [0.25, 0.3) is 5.91 Å². The van der Waals surface area contributed by atoms with Crippen molar-refractivity contribution in [2.75, 3.05) is 0 Å². The lowest BCUT2D eigenvalue weighted by Gasteiger charge is -2.11. The van der Waals surface area contributed by atoms with Crippen LogP contribution in [0, 0.1) is 6.92 Å². The molecule has 0 aliphatic rings. The normalized spacial score (nSPS) is 10.5. The number of amides is 1. The standard InChI is InChI=1S/C11H14BrNO2/c1-7(2)15-13-11(14)10-8(3)5-4-6-9(10)12/h4-7H,1-3H3,(H,13,14). The summed E-state index contributed by atoms with van der Waals surface area (Å²) in [6.07, 6.45) is -0.0308. The Labute approximate surface area is 97.9 Å². The summed E-state index contributed by atoms with van der Waals surface area (Å²) in [6.45, 7) is 5.59. The molecule has 0 aromatic heterocycles. The van der Waals surface area contributed by atoms with Crippen LogP contribution in [0.15, 0.2) is 22.7 Å². The van der Waals surface area contributed by atoms with Crippen molar-refractivity contribution in [2.24, 2.45) is 0 Å². The second-order valence-electron chi connectivity index (χ2n) is 3.53. The van der Waals surface area contributed by atoms with E-state index in [9.17, 15) is 4.79 Å². The van der Waals surface area contributed by atoms with Crippen LogP contribution in [0.4, 0.5) is 0 Å². The molecule has 0 fully saturated rings. The predicted octanol–water partition coefficient (Wildman–Crippen LogP) is 2.83. The van der Waals surface area contributed by atoms with Gasteiger partial charge >= 0.3 is 0 Å². The van der Waals surface area contributed by atoms with Crippen molar-refractivity contribution in [2.45, 2.75) is 26.9 Å². The number of benzene rings is 1. The SMILES string of the molecule is Cc1cccc(Br)c1C(=O)NOC(C)C. The number of hydrogen-bond acceptors (Lipinski definition) is 2. The Kier molecular flexibility index (Phi) is 4.29. The van der Waals surface area contributed by atoms with Gasteiger partial charge in [0.15, 0.2) is 0 Å². The maximum absolute atomic E-state index is 11.7. The Hall–Kier alpha value is -0.870. The van der Waals surface area contributed by atoms with Gasteiger partial charge in [-0.15, -0.1) is 0 Å². The first-order valence-electron chi connectivity index (χ1n) is 4.73. The molecule has 0 saturated heterocycles. The van der Waals surface area contributed by atoms with Crippen molar-refractivity contribution < 1.29 is 9.63 Å². The van der Waals surface area contributed by atoms with Gasteiger partial charge in [0.2, 0.25) is 0 Å². The average molecular weight is 272 g/mol. The second-order valence-corrected chi connectivity index (χ2v) is 4.38. The first kappa shape index (κ1) is 12.2. The molecular weight excluding hydrogens is 258 g/mol. The van der Waals surface area contributed by atoms with E-state index < -0.39 is 0 Å². The number of halogens is 1. The Morgan fingerprint density at radius 3 is 2.67 bits per heavy atom. The lowest BCUT2D eigenvalue weighted by atomic mass is 10.1. The van der Waals surface area contributed by atoms with E-state index in [4.69, 9.17) is 4.84 Å². The summed E-state index contributed by atoms with van der Waals surface area (Å²) in [5.41, 5.74) is 3.93. The van der Waals surface area contributed by atoms with Gasteiger partial charge in [0.05, 0.1) is 11.7 Å². The fourth-order valence-corrected chi connectivity index (χ4v) is 1.79. The highest BCUT2D eigenvalue weighted by Crippen LogP contribution is 2.19. The molecule has 0 atom stereocenters. The number of aryl methyl sites for hydroxylation is 1. The maximum atomic E-state index is 11.7. The number of carbonyl (C=O) groups is 1. The third-order valence-electron chi connectivity index (χ3n) is 1.84. The molecule has 3 nitrogen and oxygen atoms in total. The van der Waals surface area contributed by atoms with E-state index in [2.05, 4.69) is 21.4 Å². The summed E-state index contributed by atoms with van der Waals surface area (Å²) in [7, 11) is 0. The fraction of sp³-hybridized carbons (Fsp3) is 0.364. The van der Waals surface area contributed by atoms with Gasteiger partial charge in [0.1, 0.15) is 0 Å². The highest BCUT2D eigenvalue weighted by molar-refractivity contribution is 9.10. The molecule has 0 aliphatic carbocycles. The minimum Gasteiger partial charge on any atom is -0.271 e. The lowest BCUT2D eigenvalue weighted by molar-refractivity contribution is 0.0000918. The Balaban J connectivity index is 2.82. The molecule has 0 bridgehead atoms. The molecule has 0 aliphatic heterocycles. The van der Waals surface area contributed by atoms with E-state index in [1.807, 2.05) is 39.0 Å². The van der Waals surface area contributed by atoms with E-state index in [1.54, 1.807) is 0 Å². The van der Waals surface area contributed by atoms with Crippen LogP contribution >= 0.6 is 15.9 Å². The Morgan fingerprint density at radius 1 is 1.47 bits per heavy atom. The van der Waals surface area contributed by atoms with Crippen molar-refractivity contribution in [3.63, 3.8) is 0 Å². The van der Waals surface area contributed by atoms with Gasteiger partial charge in [0, 0.05) is 4.47 Å². The van der Waals surface area contributed by atoms with E-state index >= 15 is 0 Å². The predicted molar refractivity (Wildman–Crippen MR) is 62.6 cm³/mol. The highest BCUT2D eigenvalue weighted by atomic mass is 79.9. The molecule has 0 unspecified atom stereocenters. The molecule has 0 radical (unpaired) electrons. The fourth-order valence-electron chi connectivity index (χ4n) is 1.14. The van der Waals surface area contributed by atoms with Crippen molar-refractivity contribution in [1.29, 1.82) is 0 Å². The summed E-state index contributed by atoms with van der Waals surface area (Å²) in [6, 6.07) is 5.60. The number of hydrogen-bond donors (Lipinski definition) is 1. The highest BCUT2D eigenvalue weighted by Gasteiger charge is 2.12. The van der Waals surface area contributed by atoms with E-state index in [-0.39, 0.29) is 12.0 Å². The monoisotopic (exact) mass is 271 g/mol. The van der Waals surface area contributed by atoms with Crippen LogP contribution in [0.2, 0.25) is 0 Å². The Bertz CT molecular complexity index is 343. The van der Waals surface area contributed by atoms with Crippen molar-refractivity contribution in [3.05, 3.63) is 33.8 Å². The molecule has 0 spiro atoms. The molecular formula is C11H14BrNO2. The summed E-state index contributed by atoms with van der Waals surface area (Å²) >= 11 is 3.34. The minimum atomic E-state index is -0.228. The topological polar surface area (TPSA) is 38.3 Å². The number of nitrogens with one attached hydrogen (secondary N) is 1. The minimum absolute atomic E-state index is 0.0308. The number of hydroxylamine groups is 1. The first-order chi connectivity index (χ1) is 7.02. The third kappa shape index (κ3) is 3.32. The van der Waals surface area contributed by atoms with Crippen LogP contribution in [0.1, 0.15) is 29.8 Å². The Morgan fingerprint density at radius 2 is 2.13 bits per heavy atom. The van der Waals surface area contributed by atoms with Crippen molar-refractivity contribution in [3.8, 4) is 0 Å². The average Bonchev–Trinajstić information content (AvgIpc) is 2.14. The summed E-state index contributed by atoms with van der Waals surface area (Å²) in [5.74, 6) is -0.228. The van der Waals surface area contributed by atoms with Crippen LogP contribution in [0.25, 0.3) is 0 Å². The molecule has 15 heavy (non-hydrogen) atoms. The molecule has 1 aromatic carbocycles. The van der Waals surface area contributed by atoms with E-state index in [1.165, 1.54) is 0 Å². The molecule has 0 saturated carbocycles.